The lowest BCUT2D eigenvalue weighted by Gasteiger charge is -2.34. The number of aryl methyl sites for hydroxylation is 1. The van der Waals surface area contributed by atoms with Crippen LogP contribution in [0.2, 0.25) is 0 Å². The van der Waals surface area contributed by atoms with Crippen LogP contribution in [0.4, 0.5) is 4.79 Å². The summed E-state index contributed by atoms with van der Waals surface area (Å²) >= 11 is 1.50. The van der Waals surface area contributed by atoms with E-state index in [2.05, 4.69) is 15.2 Å². The zero-order valence-corrected chi connectivity index (χ0v) is 36.7. The third-order valence-corrected chi connectivity index (χ3v) is 13.9. The first-order chi connectivity index (χ1) is 27.2. The molecule has 2 fully saturated rings. The van der Waals surface area contributed by atoms with Gasteiger partial charge in [0.2, 0.25) is 5.91 Å². The van der Waals surface area contributed by atoms with Crippen LogP contribution < -0.4 is 5.32 Å². The summed E-state index contributed by atoms with van der Waals surface area (Å²) in [5, 5.41) is 45.7. The van der Waals surface area contributed by atoms with E-state index in [4.69, 9.17) is 19.3 Å². The number of ether oxygens (including phenoxy) is 3. The minimum atomic E-state index is -1.33. The third kappa shape index (κ3) is 15.1. The first-order valence-electron chi connectivity index (χ1n) is 19.5. The number of carbonyl (C=O) groups is 6. The van der Waals surface area contributed by atoms with Gasteiger partial charge in [0.1, 0.15) is 31.1 Å². The Kier molecular flexibility index (Phi) is 19.4. The molecule has 16 nitrogen and oxygen atoms in total. The van der Waals surface area contributed by atoms with Gasteiger partial charge in [0, 0.05) is 53.8 Å². The van der Waals surface area contributed by atoms with E-state index in [-0.39, 0.29) is 42.8 Å². The van der Waals surface area contributed by atoms with Crippen LogP contribution >= 0.6 is 32.9 Å². The van der Waals surface area contributed by atoms with Crippen LogP contribution in [0.15, 0.2) is 11.0 Å². The molecular formula is C39H59N3O13S3. The number of fused-ring (bicyclic) bond motifs is 1. The molecule has 3 rings (SSSR count). The molecule has 0 saturated carbocycles. The van der Waals surface area contributed by atoms with Crippen molar-refractivity contribution in [1.82, 2.24) is 15.2 Å². The zero-order chi connectivity index (χ0) is 43.3. The summed E-state index contributed by atoms with van der Waals surface area (Å²) in [6, 6.07) is -1.17. The topological polar surface area (TPSA) is 239 Å². The van der Waals surface area contributed by atoms with Gasteiger partial charge in [0.15, 0.2) is 0 Å². The van der Waals surface area contributed by atoms with Gasteiger partial charge < -0.3 is 40.0 Å². The number of carboxylic acid groups (broad SMARTS) is 2. The number of esters is 1. The Bertz CT molecular complexity index is 1620. The van der Waals surface area contributed by atoms with Crippen molar-refractivity contribution in [1.29, 1.82) is 0 Å². The zero-order valence-electron chi connectivity index (χ0n) is 34.2. The molecule has 1 amide bonds. The molecule has 326 valence electrons. The standard InChI is InChI=1S/C39H59N3O13S3/c1-21-9-8-10-28-29(42(28)11-12-53-38(52)54-13-14-57-58-20-27(37(50)51)41-36(49)23(3)16-32(44)45)17-30(22(2)15-26-19-56-25(5)40-26)55-33(46)18-31(43)39(6,7)35(48)24(4)34(21)47/h15,19,21,23-24,27-31,34,43,47H,8-14,16-18,20H2,1-7H3,(H,41,49)(H,44,45)(H,50,51)/b22-15+. The van der Waals surface area contributed by atoms with Gasteiger partial charge in [-0.05, 0) is 44.3 Å². The van der Waals surface area contributed by atoms with Crippen LogP contribution in [-0.4, -0.2) is 134 Å². The highest BCUT2D eigenvalue weighted by Crippen LogP contribution is 2.39. The Morgan fingerprint density at radius 2 is 1.79 bits per heavy atom. The highest BCUT2D eigenvalue weighted by molar-refractivity contribution is 8.76. The number of aliphatic hydroxyl groups is 2. The number of ketones is 1. The van der Waals surface area contributed by atoms with Crippen molar-refractivity contribution in [2.75, 3.05) is 31.3 Å². The van der Waals surface area contributed by atoms with Crippen molar-refractivity contribution >= 4 is 74.8 Å². The van der Waals surface area contributed by atoms with E-state index < -0.39 is 84.4 Å². The fraction of sp³-hybridized carbons (Fsp3) is 0.718. The first-order valence-corrected chi connectivity index (χ1v) is 22.8. The summed E-state index contributed by atoms with van der Waals surface area (Å²) in [5.41, 5.74) is 0.205. The van der Waals surface area contributed by atoms with Gasteiger partial charge >= 0.3 is 24.1 Å². The van der Waals surface area contributed by atoms with Crippen LogP contribution in [0, 0.1) is 30.1 Å². The fourth-order valence-electron chi connectivity index (χ4n) is 6.99. The Labute approximate surface area is 351 Å². The number of hydrogen-bond acceptors (Lipinski definition) is 16. The number of amides is 1. The Morgan fingerprint density at radius 1 is 1.10 bits per heavy atom. The molecule has 1 aromatic heterocycles. The van der Waals surface area contributed by atoms with Crippen molar-refractivity contribution < 1.29 is 63.4 Å². The van der Waals surface area contributed by atoms with Crippen molar-refractivity contribution in [3.8, 4) is 0 Å². The number of hydrogen-bond donors (Lipinski definition) is 5. The number of nitrogens with one attached hydrogen (secondary N) is 1. The molecule has 2 aliphatic heterocycles. The lowest BCUT2D eigenvalue weighted by molar-refractivity contribution is -0.154. The summed E-state index contributed by atoms with van der Waals surface area (Å²) in [6.07, 6.45) is -0.129. The average molecular weight is 874 g/mol. The van der Waals surface area contributed by atoms with Gasteiger partial charge in [-0.15, -0.1) is 11.3 Å². The summed E-state index contributed by atoms with van der Waals surface area (Å²) in [7, 11) is 2.39. The van der Waals surface area contributed by atoms with Crippen molar-refractivity contribution in [2.45, 2.75) is 123 Å². The van der Waals surface area contributed by atoms with Crippen LogP contribution in [0.3, 0.4) is 0 Å². The van der Waals surface area contributed by atoms with E-state index in [1.165, 1.54) is 29.1 Å². The van der Waals surface area contributed by atoms with Gasteiger partial charge in [0.05, 0.1) is 41.2 Å². The van der Waals surface area contributed by atoms with Gasteiger partial charge in [-0.1, -0.05) is 62.6 Å². The average Bonchev–Trinajstić information content (AvgIpc) is 3.61. The normalized spacial score (nSPS) is 28.0. The van der Waals surface area contributed by atoms with Crippen LogP contribution in [0.1, 0.15) is 90.8 Å². The number of cyclic esters (lactones) is 1. The second-order valence-electron chi connectivity index (χ2n) is 15.7. The van der Waals surface area contributed by atoms with E-state index >= 15 is 0 Å². The molecule has 0 bridgehead atoms. The molecule has 10 unspecified atom stereocenters. The lowest BCUT2D eigenvalue weighted by Crippen LogP contribution is -2.45. The smallest absolute Gasteiger partial charge is 0.481 e. The number of aromatic nitrogens is 1. The van der Waals surface area contributed by atoms with E-state index in [0.717, 1.165) is 39.9 Å². The van der Waals surface area contributed by atoms with Gasteiger partial charge in [0.25, 0.3) is 0 Å². The van der Waals surface area contributed by atoms with E-state index in [9.17, 15) is 44.1 Å². The molecule has 2 saturated heterocycles. The number of aliphatic hydroxyl groups excluding tert-OH is 2. The van der Waals surface area contributed by atoms with E-state index in [1.807, 2.05) is 32.2 Å². The molecule has 0 radical (unpaired) electrons. The maximum atomic E-state index is 13.5. The van der Waals surface area contributed by atoms with Crippen LogP contribution in [0.5, 0.6) is 0 Å². The third-order valence-electron chi connectivity index (χ3n) is 10.8. The second-order valence-corrected chi connectivity index (χ2v) is 19.4. The Balaban J connectivity index is 1.59. The van der Waals surface area contributed by atoms with E-state index in [1.54, 1.807) is 20.8 Å². The highest BCUT2D eigenvalue weighted by atomic mass is 33.1. The molecular weight excluding hydrogens is 815 g/mol. The van der Waals surface area contributed by atoms with E-state index in [0.29, 0.717) is 25.1 Å². The minimum Gasteiger partial charge on any atom is -0.481 e. The number of carbonyl (C=O) groups excluding carboxylic acids is 4. The number of carboxylic acids is 2. The van der Waals surface area contributed by atoms with Crippen LogP contribution in [-0.2, 0) is 38.2 Å². The maximum absolute atomic E-state index is 13.5. The largest absolute Gasteiger partial charge is 0.508 e. The summed E-state index contributed by atoms with van der Waals surface area (Å²) in [4.78, 5) is 80.5. The van der Waals surface area contributed by atoms with Crippen LogP contribution in [0.25, 0.3) is 6.08 Å². The second kappa shape index (κ2) is 23.0. The Morgan fingerprint density at radius 3 is 2.43 bits per heavy atom. The number of Topliss-reactive ketones (excluding diaryl/α,β-unsaturated/α-hetero) is 1. The van der Waals surface area contributed by atoms with Crippen molar-refractivity contribution in [3.05, 3.63) is 21.7 Å². The summed E-state index contributed by atoms with van der Waals surface area (Å²) < 4.78 is 16.6. The van der Waals surface area contributed by atoms with Gasteiger partial charge in [-0.2, -0.15) is 0 Å². The van der Waals surface area contributed by atoms with Crippen molar-refractivity contribution in [2.24, 2.45) is 23.2 Å². The maximum Gasteiger partial charge on any atom is 0.508 e. The molecule has 19 heteroatoms. The van der Waals surface area contributed by atoms with Gasteiger partial charge in [-0.25, -0.2) is 14.6 Å². The molecule has 5 N–H and O–H groups in total. The van der Waals surface area contributed by atoms with Crippen molar-refractivity contribution in [3.63, 3.8) is 0 Å². The molecule has 58 heavy (non-hydrogen) atoms. The van der Waals surface area contributed by atoms with Gasteiger partial charge in [-0.3, -0.25) is 24.1 Å². The molecule has 10 atom stereocenters. The fourth-order valence-corrected chi connectivity index (χ4v) is 9.54. The highest BCUT2D eigenvalue weighted by Gasteiger charge is 2.49. The Hall–Kier alpha value is -3.23. The molecule has 1 aromatic rings. The number of rotatable bonds is 16. The molecule has 0 spiro atoms. The quantitative estimate of drug-likeness (QED) is 0.0661. The molecule has 0 aliphatic carbocycles. The number of nitrogens with zero attached hydrogens (tertiary/aromatic N) is 2. The monoisotopic (exact) mass is 873 g/mol. The molecule has 2 aliphatic rings. The number of aliphatic carboxylic acids is 2. The molecule has 3 heterocycles. The summed E-state index contributed by atoms with van der Waals surface area (Å²) in [5.74, 6) is -5.59. The first kappa shape index (κ1) is 49.1. The minimum absolute atomic E-state index is 0.00643. The lowest BCUT2D eigenvalue weighted by atomic mass is 9.73. The SMILES string of the molecule is C/C(=C\c1csc(C)n1)C1CC2C(CCCC(C)C(O)C(C)C(=O)C(C)(C)C(O)CC(=O)O1)N2CCOC(=O)OCCSSCC(NC(=O)C(C)CC(=O)O)C(=O)O. The molecule has 0 aromatic carbocycles. The predicted octanol–water partition coefficient (Wildman–Crippen LogP) is 4.59. The number of thiazole rings is 1. The summed E-state index contributed by atoms with van der Waals surface area (Å²) in [6.45, 7) is 12.3. The predicted molar refractivity (Wildman–Crippen MR) is 220 cm³/mol.